The molecular weight excluding hydrogens is 296 g/mol. The minimum absolute atomic E-state index is 0.109. The van der Waals surface area contributed by atoms with Crippen LogP contribution < -0.4 is 20.1 Å². The number of carbonyl (C=O) groups is 2. The molecule has 0 atom stereocenters. The molecule has 1 aliphatic heterocycles. The smallest absolute Gasteiger partial charge is 0.251 e. The number of nitrogens with one attached hydrogen (secondary N) is 2. The highest BCUT2D eigenvalue weighted by molar-refractivity contribution is 5.99. The normalized spacial score (nSPS) is 12.3. The summed E-state index contributed by atoms with van der Waals surface area (Å²) in [5.41, 5.74) is 1.10. The van der Waals surface area contributed by atoms with Gasteiger partial charge < -0.3 is 20.1 Å². The molecule has 6 nitrogen and oxygen atoms in total. The van der Waals surface area contributed by atoms with Gasteiger partial charge in [0.1, 0.15) is 13.2 Å². The van der Waals surface area contributed by atoms with E-state index in [1.54, 1.807) is 42.5 Å². The number of ether oxygens (including phenoxy) is 2. The van der Waals surface area contributed by atoms with E-state index in [4.69, 9.17) is 9.47 Å². The molecule has 1 aliphatic rings. The van der Waals surface area contributed by atoms with Gasteiger partial charge in [-0.05, 0) is 24.3 Å². The van der Waals surface area contributed by atoms with Crippen molar-refractivity contribution >= 4 is 17.5 Å². The number of anilines is 1. The molecule has 2 aromatic carbocycles. The standard InChI is InChI=1S/C17H16N2O4/c20-16(11-18-17(21)12-4-2-1-3-5-12)19-13-6-7-14-15(10-13)23-9-8-22-14/h1-7,10H,8-9,11H2,(H,18,21)(H,19,20). The summed E-state index contributed by atoms with van der Waals surface area (Å²) in [5, 5.41) is 5.28. The largest absolute Gasteiger partial charge is 0.486 e. The van der Waals surface area contributed by atoms with Gasteiger partial charge in [-0.3, -0.25) is 9.59 Å². The molecule has 23 heavy (non-hydrogen) atoms. The van der Waals surface area contributed by atoms with E-state index >= 15 is 0 Å². The number of fused-ring (bicyclic) bond motifs is 1. The van der Waals surface area contributed by atoms with Gasteiger partial charge in [-0.2, -0.15) is 0 Å². The minimum atomic E-state index is -0.314. The lowest BCUT2D eigenvalue weighted by atomic mass is 10.2. The molecule has 0 saturated carbocycles. The van der Waals surface area contributed by atoms with E-state index in [9.17, 15) is 9.59 Å². The van der Waals surface area contributed by atoms with Gasteiger partial charge in [0.15, 0.2) is 11.5 Å². The predicted octanol–water partition coefficient (Wildman–Crippen LogP) is 1.83. The zero-order chi connectivity index (χ0) is 16.1. The molecule has 0 saturated heterocycles. The highest BCUT2D eigenvalue weighted by atomic mass is 16.6. The Morgan fingerprint density at radius 1 is 0.957 bits per heavy atom. The van der Waals surface area contributed by atoms with Gasteiger partial charge in [-0.15, -0.1) is 0 Å². The average Bonchev–Trinajstić information content (AvgIpc) is 2.60. The number of hydrogen-bond donors (Lipinski definition) is 2. The Balaban J connectivity index is 1.54. The summed E-state index contributed by atoms with van der Waals surface area (Å²) in [4.78, 5) is 23.8. The Bertz CT molecular complexity index is 716. The number of rotatable bonds is 4. The van der Waals surface area contributed by atoms with E-state index in [0.717, 1.165) is 0 Å². The lowest BCUT2D eigenvalue weighted by Crippen LogP contribution is -2.32. The SMILES string of the molecule is O=C(CNC(=O)c1ccccc1)Nc1ccc2c(c1)OCCO2. The molecule has 2 amide bonds. The summed E-state index contributed by atoms with van der Waals surface area (Å²) in [7, 11) is 0. The van der Waals surface area contributed by atoms with Gasteiger partial charge in [-0.25, -0.2) is 0 Å². The Kier molecular flexibility index (Phi) is 4.42. The Hall–Kier alpha value is -3.02. The second-order valence-electron chi connectivity index (χ2n) is 4.96. The fourth-order valence-electron chi connectivity index (χ4n) is 2.18. The van der Waals surface area contributed by atoms with Crippen LogP contribution in [0, 0.1) is 0 Å². The minimum Gasteiger partial charge on any atom is -0.486 e. The van der Waals surface area contributed by atoms with Crippen LogP contribution in [0.2, 0.25) is 0 Å². The third-order valence-electron chi connectivity index (χ3n) is 3.27. The maximum atomic E-state index is 11.9. The zero-order valence-electron chi connectivity index (χ0n) is 12.4. The molecular formula is C17H16N2O4. The molecule has 0 aliphatic carbocycles. The van der Waals surface area contributed by atoms with Gasteiger partial charge in [0.05, 0.1) is 6.54 Å². The molecule has 0 radical (unpaired) electrons. The van der Waals surface area contributed by atoms with Crippen LogP contribution in [-0.4, -0.2) is 31.6 Å². The van der Waals surface area contributed by atoms with Crippen LogP contribution in [0.4, 0.5) is 5.69 Å². The molecule has 2 aromatic rings. The van der Waals surface area contributed by atoms with Crippen LogP contribution >= 0.6 is 0 Å². The molecule has 6 heteroatoms. The first-order chi connectivity index (χ1) is 11.2. The monoisotopic (exact) mass is 312 g/mol. The van der Waals surface area contributed by atoms with E-state index in [1.807, 2.05) is 6.07 Å². The van der Waals surface area contributed by atoms with Gasteiger partial charge >= 0.3 is 0 Å². The summed E-state index contributed by atoms with van der Waals surface area (Å²) in [6, 6.07) is 13.9. The van der Waals surface area contributed by atoms with E-state index in [1.165, 1.54) is 0 Å². The fraction of sp³-hybridized carbons (Fsp3) is 0.176. The maximum Gasteiger partial charge on any atom is 0.251 e. The Morgan fingerprint density at radius 2 is 1.70 bits per heavy atom. The van der Waals surface area contributed by atoms with Crippen LogP contribution in [0.15, 0.2) is 48.5 Å². The van der Waals surface area contributed by atoms with Crippen molar-refractivity contribution < 1.29 is 19.1 Å². The molecule has 3 rings (SSSR count). The van der Waals surface area contributed by atoms with Crippen molar-refractivity contribution in [1.82, 2.24) is 5.32 Å². The first-order valence-corrected chi connectivity index (χ1v) is 7.25. The number of benzene rings is 2. The van der Waals surface area contributed by atoms with Crippen molar-refractivity contribution in [3.05, 3.63) is 54.1 Å². The van der Waals surface area contributed by atoms with Gasteiger partial charge in [0.25, 0.3) is 5.91 Å². The summed E-state index contributed by atoms with van der Waals surface area (Å²) in [6.45, 7) is 0.893. The van der Waals surface area contributed by atoms with Crippen molar-refractivity contribution in [2.45, 2.75) is 0 Å². The summed E-state index contributed by atoms with van der Waals surface area (Å²) in [5.74, 6) is 0.655. The van der Waals surface area contributed by atoms with Crippen LogP contribution in [0.1, 0.15) is 10.4 Å². The molecule has 0 spiro atoms. The predicted molar refractivity (Wildman–Crippen MR) is 84.8 cm³/mol. The first-order valence-electron chi connectivity index (χ1n) is 7.25. The first kappa shape index (κ1) is 14.9. The van der Waals surface area contributed by atoms with Crippen LogP contribution in [0.25, 0.3) is 0 Å². The van der Waals surface area contributed by atoms with Crippen molar-refractivity contribution in [3.63, 3.8) is 0 Å². The number of amides is 2. The lowest BCUT2D eigenvalue weighted by Gasteiger charge is -2.19. The Morgan fingerprint density at radius 3 is 2.48 bits per heavy atom. The zero-order valence-corrected chi connectivity index (χ0v) is 12.4. The third-order valence-corrected chi connectivity index (χ3v) is 3.27. The molecule has 0 fully saturated rings. The van der Waals surface area contributed by atoms with Crippen molar-refractivity contribution in [3.8, 4) is 11.5 Å². The molecule has 1 heterocycles. The molecule has 0 aromatic heterocycles. The van der Waals surface area contributed by atoms with E-state index in [-0.39, 0.29) is 18.4 Å². The number of hydrogen-bond acceptors (Lipinski definition) is 4. The van der Waals surface area contributed by atoms with Gasteiger partial charge in [0, 0.05) is 17.3 Å². The van der Waals surface area contributed by atoms with E-state index < -0.39 is 0 Å². The van der Waals surface area contributed by atoms with E-state index in [0.29, 0.717) is 36.0 Å². The fourth-order valence-corrected chi connectivity index (χ4v) is 2.18. The van der Waals surface area contributed by atoms with Crippen molar-refractivity contribution in [2.24, 2.45) is 0 Å². The van der Waals surface area contributed by atoms with Crippen LogP contribution in [0.5, 0.6) is 11.5 Å². The highest BCUT2D eigenvalue weighted by Gasteiger charge is 2.13. The second kappa shape index (κ2) is 6.83. The third kappa shape index (κ3) is 3.79. The van der Waals surface area contributed by atoms with Crippen LogP contribution in [0.3, 0.4) is 0 Å². The molecule has 0 unspecified atom stereocenters. The second-order valence-corrected chi connectivity index (χ2v) is 4.96. The lowest BCUT2D eigenvalue weighted by molar-refractivity contribution is -0.115. The summed E-state index contributed by atoms with van der Waals surface area (Å²) < 4.78 is 10.9. The molecule has 118 valence electrons. The van der Waals surface area contributed by atoms with E-state index in [2.05, 4.69) is 10.6 Å². The van der Waals surface area contributed by atoms with Crippen molar-refractivity contribution in [2.75, 3.05) is 25.1 Å². The highest BCUT2D eigenvalue weighted by Crippen LogP contribution is 2.32. The van der Waals surface area contributed by atoms with Crippen LogP contribution in [-0.2, 0) is 4.79 Å². The number of carbonyl (C=O) groups excluding carboxylic acids is 2. The average molecular weight is 312 g/mol. The Labute approximate surface area is 133 Å². The maximum absolute atomic E-state index is 11.9. The quantitative estimate of drug-likeness (QED) is 0.903. The molecule has 2 N–H and O–H groups in total. The topological polar surface area (TPSA) is 76.7 Å². The van der Waals surface area contributed by atoms with Gasteiger partial charge in [-0.1, -0.05) is 18.2 Å². The summed E-state index contributed by atoms with van der Waals surface area (Å²) >= 11 is 0. The van der Waals surface area contributed by atoms with Gasteiger partial charge in [0.2, 0.25) is 5.91 Å². The summed E-state index contributed by atoms with van der Waals surface area (Å²) in [6.07, 6.45) is 0. The van der Waals surface area contributed by atoms with Crippen molar-refractivity contribution in [1.29, 1.82) is 0 Å². The molecule has 0 bridgehead atoms.